The van der Waals surface area contributed by atoms with Gasteiger partial charge in [0.25, 0.3) is 0 Å². The average molecular weight is 425 g/mol. The maximum absolute atomic E-state index is 12.5. The monoisotopic (exact) mass is 424 g/mol. The maximum atomic E-state index is 12.5. The molecule has 1 saturated heterocycles. The molecule has 0 aromatic heterocycles. The predicted molar refractivity (Wildman–Crippen MR) is 99.5 cm³/mol. The number of likely N-dealkylation sites (tertiary alicyclic amines) is 1. The summed E-state index contributed by atoms with van der Waals surface area (Å²) in [5.41, 5.74) is 1.03. The fourth-order valence-electron chi connectivity index (χ4n) is 3.14. The Hall–Kier alpha value is -0.854. The van der Waals surface area contributed by atoms with Crippen molar-refractivity contribution in [3.63, 3.8) is 0 Å². The Morgan fingerprint density at radius 3 is 2.36 bits per heavy atom. The van der Waals surface area contributed by atoms with Crippen LogP contribution in [0.3, 0.4) is 0 Å². The van der Waals surface area contributed by atoms with Gasteiger partial charge in [-0.3, -0.25) is 14.9 Å². The number of hydrogen-bond donors (Lipinski definition) is 3. The Morgan fingerprint density at radius 1 is 1.21 bits per heavy atom. The minimum atomic E-state index is -1.02. The summed E-state index contributed by atoms with van der Waals surface area (Å²) in [7, 11) is 0. The second kappa shape index (κ2) is 14.2. The van der Waals surface area contributed by atoms with Gasteiger partial charge in [-0.25, -0.2) is 4.79 Å². The zero-order chi connectivity index (χ0) is 18.4. The van der Waals surface area contributed by atoms with Crippen molar-refractivity contribution in [1.82, 2.24) is 10.2 Å². The van der Waals surface area contributed by atoms with E-state index in [4.69, 9.17) is 0 Å². The molecule has 0 bridgehead atoms. The van der Waals surface area contributed by atoms with Crippen molar-refractivity contribution < 1.29 is 88.4 Å². The molecule has 28 heavy (non-hydrogen) atoms. The van der Waals surface area contributed by atoms with Gasteiger partial charge in [-0.05, 0) is 38.2 Å². The third kappa shape index (κ3) is 8.25. The topological polar surface area (TPSA) is 170 Å². The van der Waals surface area contributed by atoms with E-state index in [1.54, 1.807) is 6.92 Å². The zero-order valence-electron chi connectivity index (χ0n) is 17.2. The summed E-state index contributed by atoms with van der Waals surface area (Å²) in [5.74, 6) is -2.40. The second-order valence-electron chi connectivity index (χ2n) is 6.33. The molecule has 154 valence electrons. The van der Waals surface area contributed by atoms with E-state index in [1.165, 1.54) is 4.90 Å². The largest absolute Gasteiger partial charge is 1.00 e. The van der Waals surface area contributed by atoms with E-state index in [9.17, 15) is 24.6 Å². The Bertz CT molecular complexity index is 636. The van der Waals surface area contributed by atoms with Crippen molar-refractivity contribution in [3.8, 4) is 0 Å². The van der Waals surface area contributed by atoms with E-state index in [1.807, 2.05) is 30.3 Å². The van der Waals surface area contributed by atoms with Gasteiger partial charge in [0.1, 0.15) is 12.1 Å². The molecule has 10 heteroatoms. The minimum absolute atomic E-state index is 0. The molecule has 2 rings (SSSR count). The van der Waals surface area contributed by atoms with E-state index in [0.29, 0.717) is 32.2 Å². The smallest absolute Gasteiger partial charge is 1.00 e. The SMILES string of the molecule is C[C@H](N[C@@H](CCc1ccccc1)C(=O)O)C(=O)N1CCC[C@H]1C(=O)O.O.O.[H-].[K+]. The van der Waals surface area contributed by atoms with E-state index in [2.05, 4.69) is 5.32 Å². The summed E-state index contributed by atoms with van der Waals surface area (Å²) in [5, 5.41) is 21.4. The van der Waals surface area contributed by atoms with Crippen molar-refractivity contribution in [2.24, 2.45) is 0 Å². The molecule has 3 atom stereocenters. The van der Waals surface area contributed by atoms with Gasteiger partial charge in [-0.2, -0.15) is 0 Å². The summed E-state index contributed by atoms with van der Waals surface area (Å²) in [6.45, 7) is 1.97. The van der Waals surface area contributed by atoms with Crippen LogP contribution in [0.15, 0.2) is 30.3 Å². The number of carboxylic acid groups (broad SMARTS) is 2. The van der Waals surface area contributed by atoms with Crippen LogP contribution in [0.5, 0.6) is 0 Å². The van der Waals surface area contributed by atoms with E-state index in [-0.39, 0.29) is 69.7 Å². The van der Waals surface area contributed by atoms with Crippen molar-refractivity contribution in [2.75, 3.05) is 6.54 Å². The van der Waals surface area contributed by atoms with Crippen LogP contribution in [0, 0.1) is 0 Å². The molecule has 1 fully saturated rings. The number of carbonyl (C=O) groups excluding carboxylic acids is 1. The molecule has 0 aliphatic carbocycles. The van der Waals surface area contributed by atoms with Gasteiger partial charge in [0.05, 0.1) is 6.04 Å². The third-order valence-electron chi connectivity index (χ3n) is 4.51. The number of nitrogens with one attached hydrogen (secondary N) is 1. The molecule has 0 unspecified atom stereocenters. The van der Waals surface area contributed by atoms with E-state index >= 15 is 0 Å². The Morgan fingerprint density at radius 2 is 1.82 bits per heavy atom. The number of nitrogens with zero attached hydrogens (tertiary/aromatic N) is 1. The fraction of sp³-hybridized carbons (Fsp3) is 0.500. The van der Waals surface area contributed by atoms with E-state index in [0.717, 1.165) is 5.56 Å². The molecular weight excluding hydrogens is 395 g/mol. The summed E-state index contributed by atoms with van der Waals surface area (Å²) in [6, 6.07) is 7.09. The van der Waals surface area contributed by atoms with Crippen LogP contribution in [0.4, 0.5) is 0 Å². The molecular formula is C18H29KN2O7. The molecule has 1 amide bonds. The number of amides is 1. The summed E-state index contributed by atoms with van der Waals surface area (Å²) < 4.78 is 0. The van der Waals surface area contributed by atoms with Crippen molar-refractivity contribution in [3.05, 3.63) is 35.9 Å². The zero-order valence-corrected chi connectivity index (χ0v) is 19.3. The van der Waals surface area contributed by atoms with Gasteiger partial charge in [0.15, 0.2) is 0 Å². The first-order valence-corrected chi connectivity index (χ1v) is 8.46. The molecule has 0 radical (unpaired) electrons. The second-order valence-corrected chi connectivity index (χ2v) is 6.33. The van der Waals surface area contributed by atoms with Gasteiger partial charge in [-0.15, -0.1) is 0 Å². The van der Waals surface area contributed by atoms with Crippen LogP contribution in [0.1, 0.15) is 33.2 Å². The molecule has 1 aliphatic rings. The number of carbonyl (C=O) groups is 3. The fourth-order valence-corrected chi connectivity index (χ4v) is 3.14. The van der Waals surface area contributed by atoms with Gasteiger partial charge < -0.3 is 27.5 Å². The molecule has 1 aromatic rings. The Labute approximate surface area is 208 Å². The van der Waals surface area contributed by atoms with Crippen molar-refractivity contribution in [2.45, 2.75) is 50.7 Å². The first-order valence-electron chi connectivity index (χ1n) is 8.46. The molecule has 0 spiro atoms. The van der Waals surface area contributed by atoms with Gasteiger partial charge in [0.2, 0.25) is 5.91 Å². The van der Waals surface area contributed by atoms with Crippen LogP contribution in [0.2, 0.25) is 0 Å². The van der Waals surface area contributed by atoms with E-state index < -0.39 is 30.1 Å². The summed E-state index contributed by atoms with van der Waals surface area (Å²) >= 11 is 0. The first kappa shape index (κ1) is 29.3. The Kier molecular flexibility index (Phi) is 14.9. The molecule has 7 N–H and O–H groups in total. The number of rotatable bonds is 8. The molecule has 1 aliphatic heterocycles. The summed E-state index contributed by atoms with van der Waals surface area (Å²) in [4.78, 5) is 36.5. The van der Waals surface area contributed by atoms with Crippen LogP contribution in [-0.4, -0.2) is 68.6 Å². The standard InChI is InChI=1S/C18H24N2O5.K.2H2O.H/c1-12(16(21)20-11-5-8-15(20)18(24)25)19-14(17(22)23)10-9-13-6-3-2-4-7-13;;;;/h2-4,6-7,12,14-15,19H,5,8-11H2,1H3,(H,22,23)(H,24,25);;2*1H2;/q;+1;;;-1/t12-,14-,15-;;;;/m0..../s1. The maximum Gasteiger partial charge on any atom is 1.00 e. The molecule has 0 saturated carbocycles. The molecule has 1 aromatic carbocycles. The predicted octanol–water partition coefficient (Wildman–Crippen LogP) is -3.41. The minimum Gasteiger partial charge on any atom is -1.00 e. The first-order chi connectivity index (χ1) is 11.9. The number of hydrogen-bond acceptors (Lipinski definition) is 4. The van der Waals surface area contributed by atoms with Gasteiger partial charge in [0, 0.05) is 6.54 Å². The number of benzene rings is 1. The van der Waals surface area contributed by atoms with Crippen LogP contribution >= 0.6 is 0 Å². The van der Waals surface area contributed by atoms with Gasteiger partial charge >= 0.3 is 63.3 Å². The van der Waals surface area contributed by atoms with Crippen molar-refractivity contribution in [1.29, 1.82) is 0 Å². The van der Waals surface area contributed by atoms with Crippen LogP contribution in [0.25, 0.3) is 0 Å². The van der Waals surface area contributed by atoms with Crippen molar-refractivity contribution >= 4 is 17.8 Å². The van der Waals surface area contributed by atoms with Crippen LogP contribution in [-0.2, 0) is 20.8 Å². The average Bonchev–Trinajstić information content (AvgIpc) is 3.08. The van der Waals surface area contributed by atoms with Gasteiger partial charge in [-0.1, -0.05) is 30.3 Å². The number of aliphatic carboxylic acids is 2. The quantitative estimate of drug-likeness (QED) is 0.367. The molecule has 9 nitrogen and oxygen atoms in total. The Balaban J connectivity index is -0.00000169. The molecule has 1 heterocycles. The summed E-state index contributed by atoms with van der Waals surface area (Å²) in [6.07, 6.45) is 2.00. The third-order valence-corrected chi connectivity index (χ3v) is 4.51. The number of carboxylic acids is 2. The number of aryl methyl sites for hydroxylation is 1. The van der Waals surface area contributed by atoms with Crippen LogP contribution < -0.4 is 56.7 Å². The normalized spacial score (nSPS) is 17.3.